The molecule has 0 aliphatic carbocycles. The first-order chi connectivity index (χ1) is 18.1. The van der Waals surface area contributed by atoms with E-state index in [1.165, 1.54) is 0 Å². The number of aryl methyl sites for hydroxylation is 3. The van der Waals surface area contributed by atoms with Gasteiger partial charge in [0.05, 0.1) is 34.2 Å². The molecule has 0 bridgehead atoms. The molecule has 38 heavy (non-hydrogen) atoms. The molecule has 6 heterocycles. The highest BCUT2D eigenvalue weighted by Gasteiger charge is 2.36. The minimum atomic E-state index is -1.18. The summed E-state index contributed by atoms with van der Waals surface area (Å²) in [7, 11) is 3.78. The molecule has 10 nitrogen and oxygen atoms in total. The lowest BCUT2D eigenvalue weighted by atomic mass is 9.88. The second-order valence-electron chi connectivity index (χ2n) is 10.6. The van der Waals surface area contributed by atoms with Crippen molar-refractivity contribution in [3.8, 4) is 11.3 Å². The summed E-state index contributed by atoms with van der Waals surface area (Å²) in [6.45, 7) is 6.83. The van der Waals surface area contributed by atoms with Crippen LogP contribution in [0.3, 0.4) is 0 Å². The first-order valence-corrected chi connectivity index (χ1v) is 13.2. The fourth-order valence-corrected chi connectivity index (χ4v) is 6.00. The first kappa shape index (κ1) is 25.0. The van der Waals surface area contributed by atoms with Crippen LogP contribution in [0.5, 0.6) is 0 Å². The maximum Gasteiger partial charge on any atom is 0.118 e. The number of halogens is 1. The number of pyridine rings is 2. The molecule has 1 atom stereocenters. The van der Waals surface area contributed by atoms with Crippen LogP contribution in [-0.4, -0.2) is 57.6 Å². The highest BCUT2D eigenvalue weighted by atomic mass is 35.5. The predicted octanol–water partition coefficient (Wildman–Crippen LogP) is 4.32. The average Bonchev–Trinajstić information content (AvgIpc) is 3.51. The van der Waals surface area contributed by atoms with Gasteiger partial charge in [0.15, 0.2) is 0 Å². The lowest BCUT2D eigenvalue weighted by Gasteiger charge is -2.32. The molecule has 1 saturated heterocycles. The Hall–Kier alpha value is -3.34. The van der Waals surface area contributed by atoms with E-state index in [1.54, 1.807) is 30.8 Å². The van der Waals surface area contributed by atoms with Gasteiger partial charge in [0.25, 0.3) is 0 Å². The molecule has 0 amide bonds. The zero-order chi connectivity index (χ0) is 26.8. The van der Waals surface area contributed by atoms with Crippen LogP contribution >= 0.6 is 11.6 Å². The average molecular weight is 535 g/mol. The van der Waals surface area contributed by atoms with Gasteiger partial charge in [0.2, 0.25) is 0 Å². The highest BCUT2D eigenvalue weighted by Crippen LogP contribution is 2.43. The zero-order valence-corrected chi connectivity index (χ0v) is 22.9. The fourth-order valence-electron chi connectivity index (χ4n) is 5.83. The number of fused-ring (bicyclic) bond motifs is 3. The number of hydrogen-bond donors (Lipinski definition) is 1. The highest BCUT2D eigenvalue weighted by molar-refractivity contribution is 6.30. The zero-order valence-electron chi connectivity index (χ0n) is 22.2. The van der Waals surface area contributed by atoms with Crippen molar-refractivity contribution < 1.29 is 9.84 Å². The van der Waals surface area contributed by atoms with E-state index in [-0.39, 0.29) is 12.0 Å². The van der Waals surface area contributed by atoms with Crippen LogP contribution in [0.4, 0.5) is 0 Å². The molecule has 6 rings (SSSR count). The van der Waals surface area contributed by atoms with Crippen LogP contribution in [0.2, 0.25) is 5.02 Å². The molecule has 11 heteroatoms. The molecule has 5 aromatic heterocycles. The summed E-state index contributed by atoms with van der Waals surface area (Å²) in [5, 5.41) is 25.1. The molecular formula is C27H31ClN8O2. The third kappa shape index (κ3) is 3.98. The molecule has 1 aliphatic heterocycles. The SMILES string of the molecule is Cc1nnn(C)c1-c1cnc2c3c(c(C(C)(C)O)nn3C)n(C(c3cc(Cl)ccn3)C3CCOCC3)c2c1. The van der Waals surface area contributed by atoms with E-state index in [0.29, 0.717) is 23.9 Å². The monoisotopic (exact) mass is 534 g/mol. The van der Waals surface area contributed by atoms with Crippen molar-refractivity contribution >= 4 is 33.7 Å². The van der Waals surface area contributed by atoms with Gasteiger partial charge in [0.1, 0.15) is 22.3 Å². The van der Waals surface area contributed by atoms with E-state index < -0.39 is 5.60 Å². The van der Waals surface area contributed by atoms with E-state index in [9.17, 15) is 5.11 Å². The summed E-state index contributed by atoms with van der Waals surface area (Å²) in [4.78, 5) is 9.76. The lowest BCUT2D eigenvalue weighted by Crippen LogP contribution is -2.28. The van der Waals surface area contributed by atoms with Crippen LogP contribution < -0.4 is 0 Å². The largest absolute Gasteiger partial charge is 0.384 e. The predicted molar refractivity (Wildman–Crippen MR) is 145 cm³/mol. The van der Waals surface area contributed by atoms with Crippen molar-refractivity contribution in [3.05, 3.63) is 52.7 Å². The number of nitrogens with zero attached hydrogens (tertiary/aromatic N) is 8. The topological polar surface area (TPSA) is 109 Å². The molecule has 1 fully saturated rings. The summed E-state index contributed by atoms with van der Waals surface area (Å²) in [5.74, 6) is 0.229. The van der Waals surface area contributed by atoms with Crippen LogP contribution in [0, 0.1) is 12.8 Å². The van der Waals surface area contributed by atoms with Gasteiger partial charge >= 0.3 is 0 Å². The van der Waals surface area contributed by atoms with Gasteiger partial charge < -0.3 is 14.4 Å². The van der Waals surface area contributed by atoms with Crippen LogP contribution in [-0.2, 0) is 24.4 Å². The standard InChI is InChI=1S/C27H31ClN8O2/c1-15-22(35(5)33-31-15)17-12-20-21(30-14-17)24-25(26(27(2,3)37)32-34(24)4)36(20)23(16-7-10-38-11-8-16)19-13-18(28)6-9-29-19/h6,9,12-14,16,23,37H,7-8,10-11H2,1-5H3. The van der Waals surface area contributed by atoms with Gasteiger partial charge in [-0.1, -0.05) is 16.8 Å². The van der Waals surface area contributed by atoms with Crippen molar-refractivity contribution in [1.29, 1.82) is 0 Å². The molecule has 1 aliphatic rings. The third-order valence-corrected chi connectivity index (χ3v) is 7.73. The van der Waals surface area contributed by atoms with E-state index in [4.69, 9.17) is 31.4 Å². The Kier molecular flexibility index (Phi) is 6.01. The number of aromatic nitrogens is 8. The molecule has 1 unspecified atom stereocenters. The maximum atomic E-state index is 11.2. The summed E-state index contributed by atoms with van der Waals surface area (Å²) >= 11 is 6.50. The van der Waals surface area contributed by atoms with Crippen molar-refractivity contribution in [2.45, 2.75) is 45.3 Å². The van der Waals surface area contributed by atoms with Crippen LogP contribution in [0.15, 0.2) is 30.6 Å². The lowest BCUT2D eigenvalue weighted by molar-refractivity contribution is 0.0542. The summed E-state index contributed by atoms with van der Waals surface area (Å²) in [5.41, 5.74) is 6.35. The normalized spacial score (nSPS) is 16.1. The van der Waals surface area contributed by atoms with Crippen molar-refractivity contribution in [1.82, 2.24) is 39.3 Å². The third-order valence-electron chi connectivity index (χ3n) is 7.50. The quantitative estimate of drug-likeness (QED) is 0.357. The van der Waals surface area contributed by atoms with Gasteiger partial charge in [0, 0.05) is 50.3 Å². The van der Waals surface area contributed by atoms with E-state index in [0.717, 1.165) is 57.6 Å². The number of aliphatic hydroxyl groups is 1. The molecular weight excluding hydrogens is 504 g/mol. The molecule has 198 valence electrons. The van der Waals surface area contributed by atoms with Gasteiger partial charge in [-0.3, -0.25) is 14.6 Å². The van der Waals surface area contributed by atoms with Gasteiger partial charge in [-0.05, 0) is 57.7 Å². The summed E-state index contributed by atoms with van der Waals surface area (Å²) < 4.78 is 11.6. The van der Waals surface area contributed by atoms with Crippen molar-refractivity contribution in [3.63, 3.8) is 0 Å². The van der Waals surface area contributed by atoms with E-state index in [2.05, 4.69) is 20.9 Å². The van der Waals surface area contributed by atoms with Gasteiger partial charge in [-0.2, -0.15) is 5.10 Å². The van der Waals surface area contributed by atoms with Crippen molar-refractivity contribution in [2.75, 3.05) is 13.2 Å². The molecule has 0 saturated carbocycles. The summed E-state index contributed by atoms with van der Waals surface area (Å²) in [6.07, 6.45) is 5.35. The Bertz CT molecular complexity index is 1640. The molecule has 0 radical (unpaired) electrons. The Morgan fingerprint density at radius 3 is 2.53 bits per heavy atom. The molecule has 1 N–H and O–H groups in total. The molecule has 5 aromatic rings. The first-order valence-electron chi connectivity index (χ1n) is 12.8. The number of rotatable bonds is 5. The van der Waals surface area contributed by atoms with Gasteiger partial charge in [-0.15, -0.1) is 5.10 Å². The Labute approximate surface area is 225 Å². The van der Waals surface area contributed by atoms with E-state index in [1.807, 2.05) is 38.0 Å². The molecule has 0 spiro atoms. The number of hydrogen-bond acceptors (Lipinski definition) is 7. The maximum absolute atomic E-state index is 11.2. The van der Waals surface area contributed by atoms with Crippen LogP contribution in [0.25, 0.3) is 33.3 Å². The number of ether oxygens (including phenoxy) is 1. The second-order valence-corrected chi connectivity index (χ2v) is 11.1. The van der Waals surface area contributed by atoms with Crippen LogP contribution in [0.1, 0.15) is 49.8 Å². The Morgan fingerprint density at radius 2 is 1.87 bits per heavy atom. The van der Waals surface area contributed by atoms with Crippen molar-refractivity contribution in [2.24, 2.45) is 20.0 Å². The fraction of sp³-hybridized carbons (Fsp3) is 0.444. The smallest absolute Gasteiger partial charge is 0.118 e. The summed E-state index contributed by atoms with van der Waals surface area (Å²) in [6, 6.07) is 5.69. The second kappa shape index (κ2) is 9.14. The minimum Gasteiger partial charge on any atom is -0.384 e. The Balaban J connectivity index is 1.74. The van der Waals surface area contributed by atoms with Gasteiger partial charge in [-0.25, -0.2) is 4.68 Å². The molecule has 0 aromatic carbocycles. The van der Waals surface area contributed by atoms with E-state index >= 15 is 0 Å². The Morgan fingerprint density at radius 1 is 1.11 bits per heavy atom. The minimum absolute atomic E-state index is 0.175.